The fourth-order valence-electron chi connectivity index (χ4n) is 0.457. The summed E-state index contributed by atoms with van der Waals surface area (Å²) >= 11 is 0. The summed E-state index contributed by atoms with van der Waals surface area (Å²) in [5.74, 6) is 0. The topological polar surface area (TPSA) is 41.1 Å². The molecule has 8 heavy (non-hydrogen) atoms. The molecule has 4 heteroatoms. The van der Waals surface area contributed by atoms with E-state index in [0.717, 1.165) is 0 Å². The van der Waals surface area contributed by atoms with Crippen LogP contribution in [0.2, 0.25) is 0 Å². The minimum Gasteiger partial charge on any atom is -0.324 e. The first-order valence-electron chi connectivity index (χ1n) is 2.62. The van der Waals surface area contributed by atoms with Crippen molar-refractivity contribution in [1.29, 1.82) is 0 Å². The molecule has 3 nitrogen and oxygen atoms in total. The molecule has 0 heterocycles. The van der Waals surface area contributed by atoms with E-state index in [0.29, 0.717) is 12.6 Å². The molecule has 0 saturated carbocycles. The van der Waals surface area contributed by atoms with Gasteiger partial charge in [0.1, 0.15) is 7.80 Å². The van der Waals surface area contributed by atoms with Crippen LogP contribution in [-0.2, 0) is 4.57 Å². The number of hydrogen-bond donors (Lipinski definition) is 2. The van der Waals surface area contributed by atoms with Crippen molar-refractivity contribution in [2.24, 2.45) is 0 Å². The smallest absolute Gasteiger partial charge is 0.102 e. The van der Waals surface area contributed by atoms with Gasteiger partial charge in [0.25, 0.3) is 0 Å². The second-order valence-corrected chi connectivity index (χ2v) is 3.38. The molecule has 0 fully saturated rings. The van der Waals surface area contributed by atoms with Gasteiger partial charge in [-0.2, -0.15) is 0 Å². The van der Waals surface area contributed by atoms with Gasteiger partial charge in [0.2, 0.25) is 0 Å². The van der Waals surface area contributed by atoms with Gasteiger partial charge in [0.15, 0.2) is 0 Å². The summed E-state index contributed by atoms with van der Waals surface area (Å²) in [4.78, 5) is 0. The van der Waals surface area contributed by atoms with Crippen LogP contribution in [-0.4, -0.2) is 26.7 Å². The molecule has 0 aliphatic heterocycles. The molecule has 0 saturated heterocycles. The van der Waals surface area contributed by atoms with E-state index in [9.17, 15) is 4.57 Å². The average Bonchev–Trinajstić information content (AvgIpc) is 1.68. The molecule has 0 aromatic carbocycles. The molecule has 0 atom stereocenters. The lowest BCUT2D eigenvalue weighted by molar-refractivity contribution is 0.582. The van der Waals surface area contributed by atoms with Crippen molar-refractivity contribution in [2.45, 2.75) is 0 Å². The number of nitrogens with one attached hydrogen (secondary N) is 2. The molecule has 0 aliphatic rings. The molecule has 0 rings (SSSR count). The van der Waals surface area contributed by atoms with Gasteiger partial charge in [-0.3, -0.25) is 0 Å². The van der Waals surface area contributed by atoms with Gasteiger partial charge < -0.3 is 15.2 Å². The third-order valence-electron chi connectivity index (χ3n) is 0.748. The highest BCUT2D eigenvalue weighted by molar-refractivity contribution is 7.44. The van der Waals surface area contributed by atoms with Gasteiger partial charge in [0.05, 0.1) is 0 Å². The van der Waals surface area contributed by atoms with E-state index in [4.69, 9.17) is 0 Å². The van der Waals surface area contributed by atoms with Crippen molar-refractivity contribution in [1.82, 2.24) is 10.6 Å². The van der Waals surface area contributed by atoms with Crippen LogP contribution >= 0.6 is 7.80 Å². The minimum atomic E-state index is -1.36. The van der Waals surface area contributed by atoms with E-state index in [1.165, 1.54) is 0 Å². The van der Waals surface area contributed by atoms with Gasteiger partial charge in [-0.25, -0.2) is 0 Å². The molecule has 0 bridgehead atoms. The summed E-state index contributed by atoms with van der Waals surface area (Å²) in [6.45, 7) is 0. The highest BCUT2D eigenvalue weighted by atomic mass is 31.1. The first-order valence-corrected chi connectivity index (χ1v) is 4.44. The molecule has 0 unspecified atom stereocenters. The van der Waals surface area contributed by atoms with Crippen LogP contribution in [0, 0.1) is 0 Å². The third-order valence-corrected chi connectivity index (χ3v) is 2.24. The normalized spacial score (nSPS) is 10.4. The van der Waals surface area contributed by atoms with E-state index < -0.39 is 7.80 Å². The van der Waals surface area contributed by atoms with Crippen LogP contribution in [0.3, 0.4) is 0 Å². The molecule has 0 radical (unpaired) electrons. The largest absolute Gasteiger partial charge is 0.324 e. The Hall–Kier alpha value is 0.150. The zero-order valence-corrected chi connectivity index (χ0v) is 6.32. The van der Waals surface area contributed by atoms with E-state index in [1.807, 2.05) is 0 Å². The Labute approximate surface area is 50.6 Å². The second-order valence-electron chi connectivity index (χ2n) is 1.60. The summed E-state index contributed by atoms with van der Waals surface area (Å²) in [7, 11) is 2.24. The highest BCUT2D eigenvalue weighted by Gasteiger charge is 1.91. The molecule has 0 spiro atoms. The Kier molecular flexibility index (Phi) is 5.39. The average molecular weight is 136 g/mol. The maximum Gasteiger partial charge on any atom is 0.102 e. The zero-order chi connectivity index (χ0) is 6.41. The van der Waals surface area contributed by atoms with Gasteiger partial charge in [-0.05, 0) is 14.1 Å². The maximum atomic E-state index is 10.7. The van der Waals surface area contributed by atoms with Crippen molar-refractivity contribution in [3.8, 4) is 0 Å². The van der Waals surface area contributed by atoms with E-state index in [1.54, 1.807) is 14.1 Å². The van der Waals surface area contributed by atoms with Crippen LogP contribution < -0.4 is 10.6 Å². The van der Waals surface area contributed by atoms with Crippen molar-refractivity contribution in [2.75, 3.05) is 26.7 Å². The van der Waals surface area contributed by atoms with Crippen LogP contribution in [0.1, 0.15) is 0 Å². The molecule has 2 N–H and O–H groups in total. The van der Waals surface area contributed by atoms with E-state index in [2.05, 4.69) is 10.6 Å². The first-order chi connectivity index (χ1) is 3.81. The monoisotopic (exact) mass is 136 g/mol. The lowest BCUT2D eigenvalue weighted by Crippen LogP contribution is -2.10. The number of hydrogen-bond acceptors (Lipinski definition) is 3. The van der Waals surface area contributed by atoms with Crippen molar-refractivity contribution >= 4 is 7.80 Å². The maximum absolute atomic E-state index is 10.7. The zero-order valence-electron chi connectivity index (χ0n) is 5.32. The van der Waals surface area contributed by atoms with Gasteiger partial charge in [-0.15, -0.1) is 0 Å². The first kappa shape index (κ1) is 8.15. The Morgan fingerprint density at radius 3 is 1.88 bits per heavy atom. The quantitative estimate of drug-likeness (QED) is 0.530. The molecule has 0 amide bonds. The minimum absolute atomic E-state index is 0.644. The lowest BCUT2D eigenvalue weighted by Gasteiger charge is -1.96. The van der Waals surface area contributed by atoms with Crippen molar-refractivity contribution in [3.05, 3.63) is 0 Å². The van der Waals surface area contributed by atoms with Gasteiger partial charge in [-0.1, -0.05) is 0 Å². The predicted molar refractivity (Wildman–Crippen MR) is 36.9 cm³/mol. The predicted octanol–water partition coefficient (Wildman–Crippen LogP) is -0.100. The fourth-order valence-corrected chi connectivity index (χ4v) is 1.37. The van der Waals surface area contributed by atoms with E-state index in [-0.39, 0.29) is 0 Å². The summed E-state index contributed by atoms with van der Waals surface area (Å²) in [5, 5.41) is 5.69. The summed E-state index contributed by atoms with van der Waals surface area (Å²) < 4.78 is 10.7. The van der Waals surface area contributed by atoms with Gasteiger partial charge in [0, 0.05) is 12.6 Å². The Morgan fingerprint density at radius 1 is 1.25 bits per heavy atom. The van der Waals surface area contributed by atoms with Crippen LogP contribution in [0.5, 0.6) is 0 Å². The lowest BCUT2D eigenvalue weighted by atomic mass is 11.2. The van der Waals surface area contributed by atoms with Gasteiger partial charge >= 0.3 is 0 Å². The summed E-state index contributed by atoms with van der Waals surface area (Å²) in [6.07, 6.45) is 1.29. The van der Waals surface area contributed by atoms with Crippen LogP contribution in [0.25, 0.3) is 0 Å². The fraction of sp³-hybridized carbons (Fsp3) is 1.00. The van der Waals surface area contributed by atoms with Crippen molar-refractivity contribution in [3.63, 3.8) is 0 Å². The van der Waals surface area contributed by atoms with Crippen LogP contribution in [0.15, 0.2) is 0 Å². The molecular formula is C4H13N2OP. The standard InChI is InChI=1S/C4H13N2OP/c1-5-3-8(7)4-6-2/h5-6,8H,3-4H2,1-2H3. The van der Waals surface area contributed by atoms with Crippen LogP contribution in [0.4, 0.5) is 0 Å². The molecular weight excluding hydrogens is 123 g/mol. The molecule has 50 valence electrons. The second kappa shape index (κ2) is 5.29. The van der Waals surface area contributed by atoms with E-state index >= 15 is 0 Å². The molecule has 0 aliphatic carbocycles. The highest BCUT2D eigenvalue weighted by Crippen LogP contribution is 2.13. The SMILES string of the molecule is CNC[PH](=O)CNC. The Morgan fingerprint density at radius 2 is 1.62 bits per heavy atom. The number of rotatable bonds is 4. The summed E-state index contributed by atoms with van der Waals surface area (Å²) in [5.41, 5.74) is 0. The Balaban J connectivity index is 3.06. The molecule has 0 aromatic rings. The van der Waals surface area contributed by atoms with Crippen molar-refractivity contribution < 1.29 is 4.57 Å². The summed E-state index contributed by atoms with van der Waals surface area (Å²) in [6, 6.07) is 0. The Bertz CT molecular complexity index is 68.4. The molecule has 0 aromatic heterocycles. The third kappa shape index (κ3) is 4.31.